The molecule has 0 saturated carbocycles. The fraction of sp³-hybridized carbons (Fsp3) is 0.261. The number of carbonyl (C=O) groups is 2. The SMILES string of the molecule is COCCCNC(=O)c1ccccc1NC(=O)c1ccc(Cn2ccnc2C)cc1. The lowest BCUT2D eigenvalue weighted by atomic mass is 10.1. The Kier molecular flexibility index (Phi) is 7.34. The van der Waals surface area contributed by atoms with E-state index in [1.807, 2.05) is 29.8 Å². The second kappa shape index (κ2) is 10.4. The van der Waals surface area contributed by atoms with Crippen LogP contribution in [0.25, 0.3) is 0 Å². The van der Waals surface area contributed by atoms with E-state index in [-0.39, 0.29) is 11.8 Å². The lowest BCUT2D eigenvalue weighted by molar-refractivity contribution is 0.0949. The third kappa shape index (κ3) is 5.55. The van der Waals surface area contributed by atoms with Crippen LogP contribution >= 0.6 is 0 Å². The number of anilines is 1. The number of hydrogen-bond donors (Lipinski definition) is 2. The third-order valence-corrected chi connectivity index (χ3v) is 4.72. The number of rotatable bonds is 9. The summed E-state index contributed by atoms with van der Waals surface area (Å²) in [5, 5.41) is 5.69. The molecule has 1 heterocycles. The minimum atomic E-state index is -0.264. The van der Waals surface area contributed by atoms with Crippen molar-refractivity contribution >= 4 is 17.5 Å². The highest BCUT2D eigenvalue weighted by Crippen LogP contribution is 2.17. The van der Waals surface area contributed by atoms with E-state index in [1.54, 1.807) is 49.7 Å². The molecule has 2 aromatic carbocycles. The molecule has 0 saturated heterocycles. The van der Waals surface area contributed by atoms with Crippen molar-refractivity contribution in [1.82, 2.24) is 14.9 Å². The molecular weight excluding hydrogens is 380 g/mol. The molecule has 156 valence electrons. The van der Waals surface area contributed by atoms with Crippen molar-refractivity contribution in [1.29, 1.82) is 0 Å². The lowest BCUT2D eigenvalue weighted by Crippen LogP contribution is -2.26. The maximum Gasteiger partial charge on any atom is 0.255 e. The first-order valence-corrected chi connectivity index (χ1v) is 9.82. The molecule has 0 atom stereocenters. The van der Waals surface area contributed by atoms with Crippen molar-refractivity contribution in [3.8, 4) is 0 Å². The van der Waals surface area contributed by atoms with E-state index >= 15 is 0 Å². The van der Waals surface area contributed by atoms with Gasteiger partial charge in [0.25, 0.3) is 11.8 Å². The molecule has 30 heavy (non-hydrogen) atoms. The van der Waals surface area contributed by atoms with Gasteiger partial charge in [-0.1, -0.05) is 24.3 Å². The van der Waals surface area contributed by atoms with Gasteiger partial charge < -0.3 is 19.9 Å². The first-order chi connectivity index (χ1) is 14.6. The Morgan fingerprint density at radius 3 is 2.53 bits per heavy atom. The smallest absolute Gasteiger partial charge is 0.255 e. The molecule has 0 unspecified atom stereocenters. The Balaban J connectivity index is 1.64. The molecule has 0 aliphatic rings. The van der Waals surface area contributed by atoms with Gasteiger partial charge in [-0.05, 0) is 43.2 Å². The van der Waals surface area contributed by atoms with Crippen LogP contribution in [0.1, 0.15) is 38.5 Å². The van der Waals surface area contributed by atoms with Crippen molar-refractivity contribution in [2.75, 3.05) is 25.6 Å². The number of methoxy groups -OCH3 is 1. The van der Waals surface area contributed by atoms with Gasteiger partial charge in [0, 0.05) is 44.8 Å². The summed E-state index contributed by atoms with van der Waals surface area (Å²) in [4.78, 5) is 29.4. The zero-order chi connectivity index (χ0) is 21.3. The van der Waals surface area contributed by atoms with Crippen molar-refractivity contribution in [3.63, 3.8) is 0 Å². The highest BCUT2D eigenvalue weighted by Gasteiger charge is 2.14. The van der Waals surface area contributed by atoms with Crippen LogP contribution in [0.15, 0.2) is 60.9 Å². The van der Waals surface area contributed by atoms with E-state index in [2.05, 4.69) is 15.6 Å². The summed E-state index contributed by atoms with van der Waals surface area (Å²) in [6.45, 7) is 3.73. The van der Waals surface area contributed by atoms with Crippen LogP contribution in [0.4, 0.5) is 5.69 Å². The van der Waals surface area contributed by atoms with E-state index in [0.717, 1.165) is 17.8 Å². The number of hydrogen-bond acceptors (Lipinski definition) is 4. The molecular formula is C23H26N4O3. The molecule has 1 aromatic heterocycles. The average molecular weight is 406 g/mol. The van der Waals surface area contributed by atoms with Gasteiger partial charge in [0.05, 0.1) is 11.3 Å². The van der Waals surface area contributed by atoms with Gasteiger partial charge in [-0.2, -0.15) is 0 Å². The van der Waals surface area contributed by atoms with Crippen LogP contribution in [-0.4, -0.2) is 41.6 Å². The fourth-order valence-corrected chi connectivity index (χ4v) is 3.03. The number of carbonyl (C=O) groups excluding carboxylic acids is 2. The molecule has 0 fully saturated rings. The number of amides is 2. The van der Waals surface area contributed by atoms with Crippen molar-refractivity contribution in [3.05, 3.63) is 83.4 Å². The summed E-state index contributed by atoms with van der Waals surface area (Å²) in [7, 11) is 1.62. The Bertz CT molecular complexity index is 996. The summed E-state index contributed by atoms with van der Waals surface area (Å²) in [5.74, 6) is 0.446. The average Bonchev–Trinajstić information content (AvgIpc) is 3.16. The number of nitrogens with zero attached hydrogens (tertiary/aromatic N) is 2. The van der Waals surface area contributed by atoms with Crippen LogP contribution in [0.2, 0.25) is 0 Å². The second-order valence-corrected chi connectivity index (χ2v) is 6.90. The maximum absolute atomic E-state index is 12.7. The van der Waals surface area contributed by atoms with E-state index in [9.17, 15) is 9.59 Å². The molecule has 3 aromatic rings. The van der Waals surface area contributed by atoms with Crippen LogP contribution in [0.3, 0.4) is 0 Å². The van der Waals surface area contributed by atoms with Gasteiger partial charge in [0.2, 0.25) is 0 Å². The predicted molar refractivity (Wildman–Crippen MR) is 116 cm³/mol. The second-order valence-electron chi connectivity index (χ2n) is 6.90. The molecule has 3 rings (SSSR count). The summed E-state index contributed by atoms with van der Waals surface area (Å²) in [6, 6.07) is 14.4. The molecule has 0 radical (unpaired) electrons. The fourth-order valence-electron chi connectivity index (χ4n) is 3.03. The summed E-state index contributed by atoms with van der Waals surface area (Å²) < 4.78 is 7.02. The number of benzene rings is 2. The van der Waals surface area contributed by atoms with Gasteiger partial charge in [-0.3, -0.25) is 9.59 Å². The Morgan fingerprint density at radius 2 is 1.83 bits per heavy atom. The summed E-state index contributed by atoms with van der Waals surface area (Å²) in [6.07, 6.45) is 4.41. The highest BCUT2D eigenvalue weighted by molar-refractivity contribution is 6.09. The molecule has 2 N–H and O–H groups in total. The Hall–Kier alpha value is -3.45. The maximum atomic E-state index is 12.7. The van der Waals surface area contributed by atoms with Gasteiger partial charge in [-0.25, -0.2) is 4.98 Å². The lowest BCUT2D eigenvalue weighted by Gasteiger charge is -2.12. The molecule has 7 heteroatoms. The molecule has 7 nitrogen and oxygen atoms in total. The first kappa shape index (κ1) is 21.3. The Morgan fingerprint density at radius 1 is 1.07 bits per heavy atom. The van der Waals surface area contributed by atoms with Crippen molar-refractivity contribution in [2.45, 2.75) is 19.9 Å². The van der Waals surface area contributed by atoms with Crippen LogP contribution < -0.4 is 10.6 Å². The quantitative estimate of drug-likeness (QED) is 0.534. The predicted octanol–water partition coefficient (Wildman–Crippen LogP) is 3.26. The highest BCUT2D eigenvalue weighted by atomic mass is 16.5. The molecule has 0 aliphatic carbocycles. The van der Waals surface area contributed by atoms with Gasteiger partial charge in [0.1, 0.15) is 5.82 Å². The first-order valence-electron chi connectivity index (χ1n) is 9.82. The van der Waals surface area contributed by atoms with Gasteiger partial charge in [-0.15, -0.1) is 0 Å². The zero-order valence-corrected chi connectivity index (χ0v) is 17.2. The minimum Gasteiger partial charge on any atom is -0.385 e. The number of ether oxygens (including phenoxy) is 1. The van der Waals surface area contributed by atoms with E-state index < -0.39 is 0 Å². The monoisotopic (exact) mass is 406 g/mol. The van der Waals surface area contributed by atoms with E-state index in [0.29, 0.717) is 36.5 Å². The molecule has 0 bridgehead atoms. The van der Waals surface area contributed by atoms with Gasteiger partial charge >= 0.3 is 0 Å². The van der Waals surface area contributed by atoms with Gasteiger partial charge in [0.15, 0.2) is 0 Å². The Labute approximate surface area is 176 Å². The van der Waals surface area contributed by atoms with Crippen LogP contribution in [0, 0.1) is 6.92 Å². The van der Waals surface area contributed by atoms with Crippen LogP contribution in [-0.2, 0) is 11.3 Å². The standard InChI is InChI=1S/C23H26N4O3/c1-17-24-13-14-27(17)16-18-8-10-19(11-9-18)22(28)26-21-7-4-3-6-20(21)23(29)25-12-5-15-30-2/h3-4,6-11,13-14H,5,12,15-16H2,1-2H3,(H,25,29)(H,26,28). The molecule has 0 aliphatic heterocycles. The normalized spacial score (nSPS) is 10.6. The number of nitrogens with one attached hydrogen (secondary N) is 2. The summed E-state index contributed by atoms with van der Waals surface area (Å²) >= 11 is 0. The minimum absolute atomic E-state index is 0.229. The van der Waals surface area contributed by atoms with Crippen LogP contribution in [0.5, 0.6) is 0 Å². The zero-order valence-electron chi connectivity index (χ0n) is 17.2. The summed E-state index contributed by atoms with van der Waals surface area (Å²) in [5.41, 5.74) is 2.50. The topological polar surface area (TPSA) is 85.3 Å². The van der Waals surface area contributed by atoms with E-state index in [4.69, 9.17) is 4.74 Å². The number of aryl methyl sites for hydroxylation is 1. The largest absolute Gasteiger partial charge is 0.385 e. The van der Waals surface area contributed by atoms with Crippen molar-refractivity contribution < 1.29 is 14.3 Å². The van der Waals surface area contributed by atoms with Crippen molar-refractivity contribution in [2.24, 2.45) is 0 Å². The number of imidazole rings is 1. The molecule has 0 spiro atoms. The van der Waals surface area contributed by atoms with E-state index in [1.165, 1.54) is 0 Å². The third-order valence-electron chi connectivity index (χ3n) is 4.72. The molecule has 2 amide bonds. The number of aromatic nitrogens is 2. The number of para-hydroxylation sites is 1.